The summed E-state index contributed by atoms with van der Waals surface area (Å²) in [6.07, 6.45) is 4.89. The number of benzene rings is 2. The van der Waals surface area contributed by atoms with Crippen LogP contribution >= 0.6 is 0 Å². The van der Waals surface area contributed by atoms with Crippen LogP contribution in [0.1, 0.15) is 61.8 Å². The first kappa shape index (κ1) is 22.7. The van der Waals surface area contributed by atoms with Gasteiger partial charge in [0.1, 0.15) is 11.5 Å². The van der Waals surface area contributed by atoms with Crippen LogP contribution in [0.25, 0.3) is 16.7 Å². The number of nitrogens with zero attached hydrogens (tertiary/aromatic N) is 1. The van der Waals surface area contributed by atoms with Crippen molar-refractivity contribution in [3.8, 4) is 22.6 Å². The van der Waals surface area contributed by atoms with Gasteiger partial charge in [-0.15, -0.1) is 0 Å². The molecule has 0 saturated carbocycles. The molecule has 3 N–H and O–H groups in total. The fraction of sp³-hybridized carbons (Fsp3) is 0.423. The molecule has 0 spiro atoms. The highest BCUT2D eigenvalue weighted by atomic mass is 16.3. The van der Waals surface area contributed by atoms with Gasteiger partial charge in [-0.2, -0.15) is 0 Å². The Morgan fingerprint density at radius 1 is 1.19 bits per heavy atom. The number of carbonyl (C=O) groups is 1. The molecule has 1 aliphatic rings. The van der Waals surface area contributed by atoms with Gasteiger partial charge in [-0.3, -0.25) is 0 Å². The Morgan fingerprint density at radius 2 is 1.94 bits per heavy atom. The monoisotopic (exact) mass is 422 g/mol. The number of phenolic OH excluding ortho intramolecular Hbond substituents is 2. The summed E-state index contributed by atoms with van der Waals surface area (Å²) in [5.74, 6) is 0.0819. The predicted octanol–water partition coefficient (Wildman–Crippen LogP) is 5.75. The third-order valence-corrected chi connectivity index (χ3v) is 5.99. The highest BCUT2D eigenvalue weighted by Gasteiger charge is 2.24. The fourth-order valence-electron chi connectivity index (χ4n) is 4.03. The molecule has 0 radical (unpaired) electrons. The number of aryl methyl sites for hydroxylation is 2. The molecule has 0 bridgehead atoms. The highest BCUT2D eigenvalue weighted by molar-refractivity contribution is 5.87. The van der Waals surface area contributed by atoms with Crippen LogP contribution in [0, 0.1) is 6.92 Å². The van der Waals surface area contributed by atoms with Crippen molar-refractivity contribution in [3.63, 3.8) is 0 Å². The summed E-state index contributed by atoms with van der Waals surface area (Å²) in [5, 5.41) is 25.2. The molecule has 0 atom stereocenters. The number of amides is 2. The molecule has 166 valence electrons. The van der Waals surface area contributed by atoms with Crippen molar-refractivity contribution >= 4 is 11.6 Å². The molecule has 2 aromatic carbocycles. The zero-order valence-electron chi connectivity index (χ0n) is 18.9. The van der Waals surface area contributed by atoms with Gasteiger partial charge >= 0.3 is 6.03 Å². The third-order valence-electron chi connectivity index (χ3n) is 5.99. The van der Waals surface area contributed by atoms with Crippen molar-refractivity contribution in [2.75, 3.05) is 13.1 Å². The second kappa shape index (κ2) is 9.90. The van der Waals surface area contributed by atoms with E-state index in [1.165, 1.54) is 0 Å². The minimum atomic E-state index is -0.113. The Labute approximate surface area is 185 Å². The average Bonchev–Trinajstić information content (AvgIpc) is 2.66. The number of nitrogens with one attached hydrogen (secondary N) is 1. The van der Waals surface area contributed by atoms with E-state index in [1.54, 1.807) is 11.0 Å². The van der Waals surface area contributed by atoms with Crippen molar-refractivity contribution in [2.45, 2.75) is 59.4 Å². The third kappa shape index (κ3) is 5.04. The van der Waals surface area contributed by atoms with Gasteiger partial charge < -0.3 is 20.4 Å². The number of phenols is 2. The number of allylic oxidation sites excluding steroid dienone is 1. The van der Waals surface area contributed by atoms with E-state index in [-0.39, 0.29) is 24.1 Å². The molecule has 1 saturated heterocycles. The smallest absolute Gasteiger partial charge is 0.317 e. The average molecular weight is 423 g/mol. The predicted molar refractivity (Wildman–Crippen MR) is 126 cm³/mol. The molecule has 2 amide bonds. The largest absolute Gasteiger partial charge is 0.507 e. The quantitative estimate of drug-likeness (QED) is 0.474. The van der Waals surface area contributed by atoms with Crippen LogP contribution in [0.2, 0.25) is 0 Å². The van der Waals surface area contributed by atoms with Crippen molar-refractivity contribution in [1.82, 2.24) is 10.2 Å². The number of aromatic hydroxyl groups is 2. The van der Waals surface area contributed by atoms with E-state index >= 15 is 0 Å². The van der Waals surface area contributed by atoms with Gasteiger partial charge in [-0.05, 0) is 55.9 Å². The zero-order valence-corrected chi connectivity index (χ0v) is 18.9. The molecule has 2 aromatic rings. The summed E-state index contributed by atoms with van der Waals surface area (Å²) in [6, 6.07) is 7.55. The summed E-state index contributed by atoms with van der Waals surface area (Å²) in [4.78, 5) is 14.1. The summed E-state index contributed by atoms with van der Waals surface area (Å²) in [5.41, 5.74) is 5.46. The lowest BCUT2D eigenvalue weighted by atomic mass is 9.89. The summed E-state index contributed by atoms with van der Waals surface area (Å²) in [7, 11) is 0. The van der Waals surface area contributed by atoms with Gasteiger partial charge in [0, 0.05) is 25.2 Å². The maximum atomic E-state index is 12.4. The first-order valence-electron chi connectivity index (χ1n) is 11.2. The molecule has 1 heterocycles. The Hall–Kier alpha value is -2.95. The normalized spacial score (nSPS) is 13.1. The van der Waals surface area contributed by atoms with Crippen LogP contribution in [0.15, 0.2) is 30.8 Å². The van der Waals surface area contributed by atoms with E-state index in [2.05, 4.69) is 18.8 Å². The molecule has 1 aliphatic heterocycles. The topological polar surface area (TPSA) is 72.8 Å². The Balaban J connectivity index is 2.05. The number of rotatable bonds is 8. The minimum absolute atomic E-state index is 0.0310. The summed E-state index contributed by atoms with van der Waals surface area (Å²) < 4.78 is 0. The molecule has 31 heavy (non-hydrogen) atoms. The van der Waals surface area contributed by atoms with E-state index in [0.29, 0.717) is 11.1 Å². The number of likely N-dealkylation sites (tertiary alicyclic amines) is 1. The fourth-order valence-corrected chi connectivity index (χ4v) is 4.03. The molecule has 1 fully saturated rings. The molecule has 0 aromatic heterocycles. The summed E-state index contributed by atoms with van der Waals surface area (Å²) >= 11 is 0. The van der Waals surface area contributed by atoms with E-state index in [4.69, 9.17) is 0 Å². The van der Waals surface area contributed by atoms with Gasteiger partial charge in [-0.1, -0.05) is 55.7 Å². The second-order valence-electron chi connectivity index (χ2n) is 8.54. The van der Waals surface area contributed by atoms with Gasteiger partial charge in [0.05, 0.1) is 5.56 Å². The van der Waals surface area contributed by atoms with Gasteiger partial charge in [0.15, 0.2) is 0 Å². The van der Waals surface area contributed by atoms with Crippen LogP contribution in [0.5, 0.6) is 11.5 Å². The SMILES string of the molecule is C=C(C)c1ccc(C)cc1-c1c(O)cc(CCCCC)c(CNC(=O)N2CCC2)c1O. The molecule has 5 nitrogen and oxygen atoms in total. The number of urea groups is 1. The highest BCUT2D eigenvalue weighted by Crippen LogP contribution is 2.44. The maximum Gasteiger partial charge on any atom is 0.317 e. The molecule has 0 unspecified atom stereocenters. The lowest BCUT2D eigenvalue weighted by molar-refractivity contribution is 0.167. The van der Waals surface area contributed by atoms with Crippen LogP contribution < -0.4 is 5.32 Å². The number of carbonyl (C=O) groups excluding carboxylic acids is 1. The van der Waals surface area contributed by atoms with Gasteiger partial charge in [0.2, 0.25) is 0 Å². The lowest BCUT2D eigenvalue weighted by Gasteiger charge is -2.31. The summed E-state index contributed by atoms with van der Waals surface area (Å²) in [6.45, 7) is 11.9. The number of unbranched alkanes of at least 4 members (excludes halogenated alkanes) is 2. The molecule has 3 rings (SSSR count). The van der Waals surface area contributed by atoms with E-state index in [1.807, 2.05) is 32.0 Å². The Morgan fingerprint density at radius 3 is 2.55 bits per heavy atom. The van der Waals surface area contributed by atoms with Gasteiger partial charge in [0.25, 0.3) is 0 Å². The zero-order chi connectivity index (χ0) is 22.5. The van der Waals surface area contributed by atoms with Crippen LogP contribution in [0.4, 0.5) is 4.79 Å². The molecule has 5 heteroatoms. The standard InChI is InChI=1S/C26H34N2O3/c1-5-6-7-9-19-15-23(29)24(21-14-18(4)10-11-20(21)17(2)3)25(30)22(19)16-27-26(31)28-12-8-13-28/h10-11,14-15,29-30H,2,5-9,12-13,16H2,1,3-4H3,(H,27,31). The minimum Gasteiger partial charge on any atom is -0.507 e. The van der Waals surface area contributed by atoms with Crippen molar-refractivity contribution < 1.29 is 15.0 Å². The van der Waals surface area contributed by atoms with Crippen LogP contribution in [-0.2, 0) is 13.0 Å². The second-order valence-corrected chi connectivity index (χ2v) is 8.54. The maximum absolute atomic E-state index is 12.4. The first-order valence-corrected chi connectivity index (χ1v) is 11.2. The molecular formula is C26H34N2O3. The first-order chi connectivity index (χ1) is 14.8. The van der Waals surface area contributed by atoms with Crippen molar-refractivity contribution in [1.29, 1.82) is 0 Å². The van der Waals surface area contributed by atoms with Gasteiger partial charge in [-0.25, -0.2) is 4.79 Å². The van der Waals surface area contributed by atoms with E-state index < -0.39 is 0 Å². The van der Waals surface area contributed by atoms with E-state index in [0.717, 1.165) is 73.0 Å². The Kier molecular flexibility index (Phi) is 7.26. The van der Waals surface area contributed by atoms with Crippen LogP contribution in [0.3, 0.4) is 0 Å². The Bertz CT molecular complexity index is 977. The van der Waals surface area contributed by atoms with Crippen molar-refractivity contribution in [2.24, 2.45) is 0 Å². The number of hydrogen-bond acceptors (Lipinski definition) is 3. The number of hydrogen-bond donors (Lipinski definition) is 3. The molecule has 0 aliphatic carbocycles. The lowest BCUT2D eigenvalue weighted by Crippen LogP contribution is -2.47. The van der Waals surface area contributed by atoms with E-state index in [9.17, 15) is 15.0 Å². The molecular weight excluding hydrogens is 388 g/mol. The van der Waals surface area contributed by atoms with Crippen LogP contribution in [-0.4, -0.2) is 34.2 Å². The van der Waals surface area contributed by atoms with Crippen molar-refractivity contribution in [3.05, 3.63) is 53.1 Å².